The molecule has 1 aliphatic carbocycles. The van der Waals surface area contributed by atoms with Gasteiger partial charge in [-0.2, -0.15) is 0 Å². The quantitative estimate of drug-likeness (QED) is 0.578. The molecule has 0 radical (unpaired) electrons. The third kappa shape index (κ3) is 4.27. The predicted octanol–water partition coefficient (Wildman–Crippen LogP) is 2.81. The molecule has 1 aliphatic rings. The average Bonchev–Trinajstić information content (AvgIpc) is 2.26. The van der Waals surface area contributed by atoms with Crippen molar-refractivity contribution in [3.8, 4) is 0 Å². The second-order valence-corrected chi connectivity index (χ2v) is 4.69. The van der Waals surface area contributed by atoms with Crippen molar-refractivity contribution in [2.45, 2.75) is 52.9 Å². The van der Waals surface area contributed by atoms with Gasteiger partial charge in [0.2, 0.25) is 5.78 Å². The number of alkyl halides is 2. The monoisotopic (exact) mass is 262 g/mol. The minimum absolute atomic E-state index is 0.502. The van der Waals surface area contributed by atoms with E-state index in [-0.39, 0.29) is 0 Å². The molecule has 2 atom stereocenters. The maximum Gasteiger partial charge on any atom is 0.252 e. The maximum absolute atomic E-state index is 12.7. The maximum atomic E-state index is 12.7. The highest BCUT2D eigenvalue weighted by Gasteiger charge is 2.55. The number of rotatable bonds is 4. The van der Waals surface area contributed by atoms with Crippen LogP contribution in [0.1, 0.15) is 47.0 Å². The molecule has 3 nitrogen and oxygen atoms in total. The van der Waals surface area contributed by atoms with Crippen molar-refractivity contribution in [1.82, 2.24) is 0 Å². The topological polar surface area (TPSA) is 51.2 Å². The minimum Gasteiger partial charge on any atom is -0.299 e. The van der Waals surface area contributed by atoms with E-state index in [1.54, 1.807) is 0 Å². The van der Waals surface area contributed by atoms with Gasteiger partial charge in [0.15, 0.2) is 5.78 Å². The molecule has 1 fully saturated rings. The molecule has 0 N–H and O–H groups in total. The molecule has 0 aromatic carbocycles. The summed E-state index contributed by atoms with van der Waals surface area (Å²) < 4.78 is 25.5. The van der Waals surface area contributed by atoms with Gasteiger partial charge in [-0.15, -0.1) is 0 Å². The van der Waals surface area contributed by atoms with Crippen LogP contribution in [0.25, 0.3) is 0 Å². The van der Waals surface area contributed by atoms with Gasteiger partial charge >= 0.3 is 0 Å². The highest BCUT2D eigenvalue weighted by molar-refractivity contribution is 6.39. The van der Waals surface area contributed by atoms with Crippen LogP contribution >= 0.6 is 0 Å². The third-order valence-corrected chi connectivity index (χ3v) is 2.90. The first-order valence-corrected chi connectivity index (χ1v) is 6.11. The Labute approximate surface area is 106 Å². The number of carbonyl (C=O) groups is 3. The molecule has 104 valence electrons. The summed E-state index contributed by atoms with van der Waals surface area (Å²) in [6.07, 6.45) is 0.207. The van der Waals surface area contributed by atoms with E-state index in [4.69, 9.17) is 0 Å². The molecule has 1 saturated carbocycles. The van der Waals surface area contributed by atoms with E-state index in [0.29, 0.717) is 0 Å². The van der Waals surface area contributed by atoms with Crippen molar-refractivity contribution in [3.05, 3.63) is 0 Å². The summed E-state index contributed by atoms with van der Waals surface area (Å²) in [6.45, 7) is 6.60. The lowest BCUT2D eigenvalue weighted by molar-refractivity contribution is -0.177. The summed E-state index contributed by atoms with van der Waals surface area (Å²) in [5, 5.41) is 0. The lowest BCUT2D eigenvalue weighted by Crippen LogP contribution is -2.49. The van der Waals surface area contributed by atoms with Crippen LogP contribution in [0.5, 0.6) is 0 Å². The Hall–Kier alpha value is -1.13. The molecule has 0 aromatic rings. The highest BCUT2D eigenvalue weighted by Crippen LogP contribution is 2.48. The van der Waals surface area contributed by atoms with Crippen molar-refractivity contribution in [3.63, 3.8) is 0 Å². The summed E-state index contributed by atoms with van der Waals surface area (Å²) in [7, 11) is 0. The van der Waals surface area contributed by atoms with Crippen LogP contribution in [-0.4, -0.2) is 23.3 Å². The summed E-state index contributed by atoms with van der Waals surface area (Å²) in [5.74, 6) is -6.66. The molecule has 0 aromatic heterocycles. The summed E-state index contributed by atoms with van der Waals surface area (Å²) in [6, 6.07) is 0. The standard InChI is InChI=1S/C10H12F2O3.C3H8/c1-5-7(4-10(5,11)12)9(15)3-8(14)6(2)13;1-3-2/h5,7H,3-4H2,1-2H3;3H2,1-2H3. The zero-order valence-electron chi connectivity index (χ0n) is 11.3. The van der Waals surface area contributed by atoms with Gasteiger partial charge in [0, 0.05) is 25.2 Å². The second kappa shape index (κ2) is 6.71. The second-order valence-electron chi connectivity index (χ2n) is 4.69. The molecule has 0 spiro atoms. The highest BCUT2D eigenvalue weighted by atomic mass is 19.3. The van der Waals surface area contributed by atoms with Crippen LogP contribution in [0, 0.1) is 11.8 Å². The molecule has 0 amide bonds. The third-order valence-electron chi connectivity index (χ3n) is 2.90. The smallest absolute Gasteiger partial charge is 0.252 e. The van der Waals surface area contributed by atoms with Gasteiger partial charge in [-0.05, 0) is 0 Å². The number of hydrogen-bond acceptors (Lipinski definition) is 3. The van der Waals surface area contributed by atoms with E-state index < -0.39 is 47.9 Å². The molecular weight excluding hydrogens is 242 g/mol. The van der Waals surface area contributed by atoms with Crippen LogP contribution < -0.4 is 0 Å². The van der Waals surface area contributed by atoms with E-state index in [0.717, 1.165) is 6.92 Å². The Bertz CT molecular complexity index is 337. The van der Waals surface area contributed by atoms with Crippen LogP contribution in [0.15, 0.2) is 0 Å². The predicted molar refractivity (Wildman–Crippen MR) is 63.5 cm³/mol. The van der Waals surface area contributed by atoms with Crippen LogP contribution in [0.3, 0.4) is 0 Å². The number of hydrogen-bond donors (Lipinski definition) is 0. The molecule has 0 heterocycles. The van der Waals surface area contributed by atoms with Crippen molar-refractivity contribution < 1.29 is 23.2 Å². The van der Waals surface area contributed by atoms with Gasteiger partial charge in [-0.1, -0.05) is 27.2 Å². The molecule has 0 bridgehead atoms. The van der Waals surface area contributed by atoms with Crippen molar-refractivity contribution in [2.24, 2.45) is 11.8 Å². The minimum atomic E-state index is -2.81. The molecule has 18 heavy (non-hydrogen) atoms. The zero-order valence-corrected chi connectivity index (χ0v) is 11.3. The van der Waals surface area contributed by atoms with Gasteiger partial charge in [0.05, 0.1) is 6.42 Å². The fourth-order valence-electron chi connectivity index (χ4n) is 1.60. The molecule has 5 heteroatoms. The molecule has 1 rings (SSSR count). The first-order valence-electron chi connectivity index (χ1n) is 6.11. The van der Waals surface area contributed by atoms with Crippen molar-refractivity contribution in [2.75, 3.05) is 0 Å². The lowest BCUT2D eigenvalue weighted by atomic mass is 9.68. The fourth-order valence-corrected chi connectivity index (χ4v) is 1.60. The van der Waals surface area contributed by atoms with E-state index in [1.165, 1.54) is 13.3 Å². The van der Waals surface area contributed by atoms with E-state index in [2.05, 4.69) is 13.8 Å². The number of Topliss-reactive ketones (excluding diaryl/α,β-unsaturated/α-hetero) is 3. The van der Waals surface area contributed by atoms with E-state index >= 15 is 0 Å². The Balaban J connectivity index is 0.000000873. The molecule has 0 aliphatic heterocycles. The summed E-state index contributed by atoms with van der Waals surface area (Å²) >= 11 is 0. The molecule has 2 unspecified atom stereocenters. The van der Waals surface area contributed by atoms with Crippen molar-refractivity contribution >= 4 is 17.3 Å². The van der Waals surface area contributed by atoms with Gasteiger partial charge in [0.25, 0.3) is 5.92 Å². The van der Waals surface area contributed by atoms with Crippen LogP contribution in [0.2, 0.25) is 0 Å². The Morgan fingerprint density at radius 3 is 1.94 bits per heavy atom. The van der Waals surface area contributed by atoms with E-state index in [9.17, 15) is 23.2 Å². The number of carbonyl (C=O) groups excluding carboxylic acids is 3. The van der Waals surface area contributed by atoms with Gasteiger partial charge in [-0.3, -0.25) is 14.4 Å². The van der Waals surface area contributed by atoms with E-state index in [1.807, 2.05) is 0 Å². The van der Waals surface area contributed by atoms with Gasteiger partial charge in [-0.25, -0.2) is 8.78 Å². The first-order chi connectivity index (χ1) is 8.17. The van der Waals surface area contributed by atoms with Gasteiger partial charge < -0.3 is 0 Å². The zero-order chi connectivity index (χ0) is 14.5. The summed E-state index contributed by atoms with van der Waals surface area (Å²) in [5.41, 5.74) is 0. The first kappa shape index (κ1) is 16.9. The Kier molecular flexibility index (Phi) is 6.29. The molecular formula is C13H20F2O3. The van der Waals surface area contributed by atoms with Gasteiger partial charge in [0.1, 0.15) is 5.78 Å². The normalized spacial score (nSPS) is 24.3. The van der Waals surface area contributed by atoms with Crippen LogP contribution in [-0.2, 0) is 14.4 Å². The Morgan fingerprint density at radius 2 is 1.67 bits per heavy atom. The number of halogens is 2. The lowest BCUT2D eigenvalue weighted by Gasteiger charge is -2.41. The fraction of sp³-hybridized carbons (Fsp3) is 0.769. The molecule has 0 saturated heterocycles. The largest absolute Gasteiger partial charge is 0.299 e. The average molecular weight is 262 g/mol. The summed E-state index contributed by atoms with van der Waals surface area (Å²) in [4.78, 5) is 32.8. The van der Waals surface area contributed by atoms with Crippen molar-refractivity contribution in [1.29, 1.82) is 0 Å². The SMILES string of the molecule is CC(=O)C(=O)CC(=O)C1CC(F)(F)C1C.CCC. The van der Waals surface area contributed by atoms with Crippen LogP contribution in [0.4, 0.5) is 8.78 Å². The Morgan fingerprint density at radius 1 is 1.22 bits per heavy atom. The number of ketones is 3.